The van der Waals surface area contributed by atoms with Gasteiger partial charge in [-0.25, -0.2) is 9.78 Å². The summed E-state index contributed by atoms with van der Waals surface area (Å²) in [6.07, 6.45) is 3.01. The number of hydrogen-bond acceptors (Lipinski definition) is 4. The van der Waals surface area contributed by atoms with Crippen LogP contribution >= 0.6 is 0 Å². The van der Waals surface area contributed by atoms with Crippen LogP contribution in [-0.4, -0.2) is 22.2 Å². The highest BCUT2D eigenvalue weighted by atomic mass is 16.5. The van der Waals surface area contributed by atoms with E-state index in [2.05, 4.69) is 15.6 Å². The van der Waals surface area contributed by atoms with Crippen molar-refractivity contribution in [2.75, 3.05) is 11.9 Å². The van der Waals surface area contributed by atoms with E-state index in [1.165, 1.54) is 10.8 Å². The Balaban J connectivity index is 1.69. The van der Waals surface area contributed by atoms with Gasteiger partial charge >= 0.3 is 6.03 Å². The lowest BCUT2D eigenvalue weighted by molar-refractivity contribution is 0.251. The molecule has 0 saturated heterocycles. The van der Waals surface area contributed by atoms with Gasteiger partial charge in [0.25, 0.3) is 5.56 Å². The number of carbonyl (C=O) groups is 1. The second kappa shape index (κ2) is 8.85. The third-order valence-electron chi connectivity index (χ3n) is 4.07. The van der Waals surface area contributed by atoms with Crippen LogP contribution in [0.2, 0.25) is 0 Å². The van der Waals surface area contributed by atoms with Gasteiger partial charge in [0.1, 0.15) is 5.75 Å². The van der Waals surface area contributed by atoms with Crippen LogP contribution in [0.25, 0.3) is 5.69 Å². The van der Waals surface area contributed by atoms with Gasteiger partial charge in [0.15, 0.2) is 0 Å². The number of aryl methyl sites for hydroxylation is 1. The summed E-state index contributed by atoms with van der Waals surface area (Å²) in [5, 5.41) is 5.23. The Morgan fingerprint density at radius 2 is 1.82 bits per heavy atom. The first-order chi connectivity index (χ1) is 13.6. The Bertz CT molecular complexity index is 995. The van der Waals surface area contributed by atoms with Crippen LogP contribution in [0.1, 0.15) is 18.1 Å². The largest absolute Gasteiger partial charge is 0.494 e. The molecule has 0 aliphatic carbocycles. The zero-order valence-corrected chi connectivity index (χ0v) is 15.8. The number of nitrogens with one attached hydrogen (secondary N) is 2. The Hall–Kier alpha value is -3.61. The molecule has 2 aromatic carbocycles. The Morgan fingerprint density at radius 3 is 2.50 bits per heavy atom. The number of carbonyl (C=O) groups excluding carboxylic acids is 1. The molecule has 0 unspecified atom stereocenters. The van der Waals surface area contributed by atoms with Gasteiger partial charge in [0, 0.05) is 24.6 Å². The first kappa shape index (κ1) is 19.2. The molecule has 3 rings (SSSR count). The molecule has 0 atom stereocenters. The molecule has 2 N–H and O–H groups in total. The van der Waals surface area contributed by atoms with Crippen molar-refractivity contribution in [1.29, 1.82) is 0 Å². The zero-order valence-electron chi connectivity index (χ0n) is 15.8. The molecule has 2 amide bonds. The zero-order chi connectivity index (χ0) is 19.9. The van der Waals surface area contributed by atoms with Crippen molar-refractivity contribution in [3.63, 3.8) is 0 Å². The van der Waals surface area contributed by atoms with Gasteiger partial charge < -0.3 is 10.1 Å². The first-order valence-corrected chi connectivity index (χ1v) is 8.98. The van der Waals surface area contributed by atoms with Gasteiger partial charge in [-0.1, -0.05) is 29.8 Å². The topological polar surface area (TPSA) is 85.2 Å². The standard InChI is InChI=1S/C21H22N4O3/c1-3-28-18-10-8-17(9-11-18)25-13-12-22-19(20(25)26)24-21(27)23-14-16-6-4-15(2)5-7-16/h4-13H,3,14H2,1-2H3,(H2,22,23,24,27). The first-order valence-electron chi connectivity index (χ1n) is 8.98. The van der Waals surface area contributed by atoms with E-state index in [0.717, 1.165) is 16.9 Å². The van der Waals surface area contributed by atoms with E-state index in [1.807, 2.05) is 38.1 Å². The monoisotopic (exact) mass is 378 g/mol. The minimum Gasteiger partial charge on any atom is -0.494 e. The van der Waals surface area contributed by atoms with Crippen LogP contribution in [0.15, 0.2) is 65.7 Å². The summed E-state index contributed by atoms with van der Waals surface area (Å²) in [5.41, 5.74) is 2.35. The number of benzene rings is 2. The van der Waals surface area contributed by atoms with Crippen LogP contribution < -0.4 is 20.9 Å². The molecule has 0 spiro atoms. The summed E-state index contributed by atoms with van der Waals surface area (Å²) in [6, 6.07) is 14.5. The molecule has 1 heterocycles. The summed E-state index contributed by atoms with van der Waals surface area (Å²) in [4.78, 5) is 28.8. The highest BCUT2D eigenvalue weighted by molar-refractivity contribution is 5.87. The second-order valence-corrected chi connectivity index (χ2v) is 6.17. The molecule has 0 saturated carbocycles. The van der Waals surface area contributed by atoms with Crippen LogP contribution in [-0.2, 0) is 6.54 Å². The quantitative estimate of drug-likeness (QED) is 0.689. The number of hydrogen-bond donors (Lipinski definition) is 2. The van der Waals surface area contributed by atoms with Crippen LogP contribution in [0.3, 0.4) is 0 Å². The fraction of sp³-hybridized carbons (Fsp3) is 0.190. The van der Waals surface area contributed by atoms with Crippen molar-refractivity contribution >= 4 is 11.8 Å². The second-order valence-electron chi connectivity index (χ2n) is 6.17. The summed E-state index contributed by atoms with van der Waals surface area (Å²) < 4.78 is 6.82. The molecular weight excluding hydrogens is 356 g/mol. The Morgan fingerprint density at radius 1 is 1.11 bits per heavy atom. The van der Waals surface area contributed by atoms with E-state index in [4.69, 9.17) is 4.74 Å². The van der Waals surface area contributed by atoms with Gasteiger partial charge in [0.2, 0.25) is 5.82 Å². The van der Waals surface area contributed by atoms with E-state index in [1.54, 1.807) is 30.5 Å². The average Bonchev–Trinajstić information content (AvgIpc) is 2.70. The van der Waals surface area contributed by atoms with Gasteiger partial charge in [-0.2, -0.15) is 0 Å². The maximum absolute atomic E-state index is 12.7. The summed E-state index contributed by atoms with van der Waals surface area (Å²) >= 11 is 0. The van der Waals surface area contributed by atoms with Gasteiger partial charge in [-0.3, -0.25) is 14.7 Å². The number of amides is 2. The molecule has 0 aliphatic heterocycles. The van der Waals surface area contributed by atoms with E-state index in [0.29, 0.717) is 18.8 Å². The van der Waals surface area contributed by atoms with Crippen molar-refractivity contribution in [2.45, 2.75) is 20.4 Å². The molecule has 0 bridgehead atoms. The maximum atomic E-state index is 12.7. The third-order valence-corrected chi connectivity index (χ3v) is 4.07. The number of ether oxygens (including phenoxy) is 1. The average molecular weight is 378 g/mol. The minimum absolute atomic E-state index is 0.0437. The lowest BCUT2D eigenvalue weighted by Gasteiger charge is -2.10. The number of nitrogens with zero attached hydrogens (tertiary/aromatic N) is 2. The van der Waals surface area contributed by atoms with E-state index < -0.39 is 11.6 Å². The maximum Gasteiger partial charge on any atom is 0.320 e. The summed E-state index contributed by atoms with van der Waals surface area (Å²) in [7, 11) is 0. The molecule has 0 aliphatic rings. The van der Waals surface area contributed by atoms with Crippen molar-refractivity contribution in [2.24, 2.45) is 0 Å². The molecule has 7 nitrogen and oxygen atoms in total. The van der Waals surface area contributed by atoms with E-state index in [9.17, 15) is 9.59 Å². The third kappa shape index (κ3) is 4.76. The molecule has 1 aromatic heterocycles. The van der Waals surface area contributed by atoms with Gasteiger partial charge in [-0.15, -0.1) is 0 Å². The highest BCUT2D eigenvalue weighted by Crippen LogP contribution is 2.14. The summed E-state index contributed by atoms with van der Waals surface area (Å²) in [5.74, 6) is 0.681. The van der Waals surface area contributed by atoms with Crippen molar-refractivity contribution in [1.82, 2.24) is 14.9 Å². The minimum atomic E-state index is -0.491. The molecule has 28 heavy (non-hydrogen) atoms. The highest BCUT2D eigenvalue weighted by Gasteiger charge is 2.10. The molecule has 3 aromatic rings. The molecular formula is C21H22N4O3. The van der Waals surface area contributed by atoms with Gasteiger partial charge in [0.05, 0.1) is 6.61 Å². The predicted molar refractivity (Wildman–Crippen MR) is 108 cm³/mol. The molecule has 7 heteroatoms. The smallest absolute Gasteiger partial charge is 0.320 e. The SMILES string of the molecule is CCOc1ccc(-n2ccnc(NC(=O)NCc3ccc(C)cc3)c2=O)cc1. The number of aromatic nitrogens is 2. The van der Waals surface area contributed by atoms with Crippen LogP contribution in [0, 0.1) is 6.92 Å². The Kier molecular flexibility index (Phi) is 6.06. The van der Waals surface area contributed by atoms with Crippen molar-refractivity contribution < 1.29 is 9.53 Å². The van der Waals surface area contributed by atoms with Crippen molar-refractivity contribution in [3.8, 4) is 11.4 Å². The van der Waals surface area contributed by atoms with Gasteiger partial charge in [-0.05, 0) is 43.7 Å². The molecule has 0 fully saturated rings. The van der Waals surface area contributed by atoms with Crippen molar-refractivity contribution in [3.05, 3.63) is 82.4 Å². The number of urea groups is 1. The van der Waals surface area contributed by atoms with Crippen LogP contribution in [0.5, 0.6) is 5.75 Å². The normalized spacial score (nSPS) is 10.4. The lowest BCUT2D eigenvalue weighted by Crippen LogP contribution is -2.32. The van der Waals surface area contributed by atoms with Crippen LogP contribution in [0.4, 0.5) is 10.6 Å². The number of rotatable bonds is 6. The fourth-order valence-electron chi connectivity index (χ4n) is 2.61. The van der Waals surface area contributed by atoms with E-state index >= 15 is 0 Å². The van der Waals surface area contributed by atoms with E-state index in [-0.39, 0.29) is 5.82 Å². The lowest BCUT2D eigenvalue weighted by atomic mass is 10.1. The fourth-order valence-corrected chi connectivity index (χ4v) is 2.61. The molecule has 144 valence electrons. The Labute approximate surface area is 163 Å². The predicted octanol–water partition coefficient (Wildman–Crippen LogP) is 3.26. The number of anilines is 1. The molecule has 0 radical (unpaired) electrons. The summed E-state index contributed by atoms with van der Waals surface area (Å²) in [6.45, 7) is 4.83.